The number of ether oxygens (including phenoxy) is 2. The number of aryl methyl sites for hydroxylation is 1. The van der Waals surface area contributed by atoms with Crippen LogP contribution in [0.1, 0.15) is 11.1 Å². The number of methoxy groups -OCH3 is 1. The van der Waals surface area contributed by atoms with Gasteiger partial charge in [0.2, 0.25) is 0 Å². The quantitative estimate of drug-likeness (QED) is 0.225. The molecule has 188 valence electrons. The summed E-state index contributed by atoms with van der Waals surface area (Å²) < 4.78 is 38.3. The van der Waals surface area contributed by atoms with E-state index in [9.17, 15) is 18.0 Å². The van der Waals surface area contributed by atoms with Crippen molar-refractivity contribution in [1.82, 2.24) is 5.43 Å². The standard InChI is InChI=1S/C25H24BrN3O6S/c1-18-9-11-23(12-10-18)36(32,33)29(21-7-4-6-20(26)14-21)16-24(30)28-27-15-19-5-3-8-22(13-19)35-17-25(31)34-2/h3-15H,16-17H2,1-2H3,(H,28,30)/b27-15-. The van der Waals surface area contributed by atoms with Crippen LogP contribution in [-0.2, 0) is 24.3 Å². The van der Waals surface area contributed by atoms with Gasteiger partial charge in [-0.2, -0.15) is 5.10 Å². The van der Waals surface area contributed by atoms with Gasteiger partial charge in [-0.05, 0) is 55.0 Å². The fourth-order valence-electron chi connectivity index (χ4n) is 3.01. The number of hydrazone groups is 1. The highest BCUT2D eigenvalue weighted by Crippen LogP contribution is 2.26. The van der Waals surface area contributed by atoms with Gasteiger partial charge in [-0.3, -0.25) is 9.10 Å². The number of hydrogen-bond acceptors (Lipinski definition) is 7. The number of amides is 1. The van der Waals surface area contributed by atoms with Gasteiger partial charge in [0.05, 0.1) is 23.9 Å². The molecular weight excluding hydrogens is 550 g/mol. The van der Waals surface area contributed by atoms with Crippen LogP contribution in [0.2, 0.25) is 0 Å². The van der Waals surface area contributed by atoms with Gasteiger partial charge in [-0.25, -0.2) is 18.6 Å². The average molecular weight is 574 g/mol. The Bertz CT molecular complexity index is 1360. The molecule has 0 saturated heterocycles. The minimum absolute atomic E-state index is 0.0631. The fourth-order valence-corrected chi connectivity index (χ4v) is 4.81. The number of sulfonamides is 1. The summed E-state index contributed by atoms with van der Waals surface area (Å²) in [5.41, 5.74) is 4.18. The second kappa shape index (κ2) is 12.3. The van der Waals surface area contributed by atoms with E-state index >= 15 is 0 Å². The van der Waals surface area contributed by atoms with Crippen LogP contribution >= 0.6 is 15.9 Å². The molecule has 0 unspecified atom stereocenters. The molecule has 1 amide bonds. The van der Waals surface area contributed by atoms with Crippen molar-refractivity contribution >= 4 is 49.7 Å². The maximum absolute atomic E-state index is 13.4. The molecule has 36 heavy (non-hydrogen) atoms. The van der Waals surface area contributed by atoms with Gasteiger partial charge < -0.3 is 9.47 Å². The third-order valence-electron chi connectivity index (χ3n) is 4.84. The number of esters is 1. The van der Waals surface area contributed by atoms with Gasteiger partial charge in [-0.1, -0.05) is 51.8 Å². The zero-order valence-corrected chi connectivity index (χ0v) is 22.0. The third kappa shape index (κ3) is 7.40. The number of anilines is 1. The zero-order chi connectivity index (χ0) is 26.1. The molecule has 3 rings (SSSR count). The van der Waals surface area contributed by atoms with Crippen molar-refractivity contribution in [2.75, 3.05) is 24.6 Å². The van der Waals surface area contributed by atoms with Gasteiger partial charge >= 0.3 is 5.97 Å². The van der Waals surface area contributed by atoms with Crippen molar-refractivity contribution in [2.24, 2.45) is 5.10 Å². The largest absolute Gasteiger partial charge is 0.482 e. The summed E-state index contributed by atoms with van der Waals surface area (Å²) in [6, 6.07) is 19.7. The minimum atomic E-state index is -4.04. The number of benzene rings is 3. The van der Waals surface area contributed by atoms with Crippen LogP contribution < -0.4 is 14.5 Å². The first-order chi connectivity index (χ1) is 17.2. The summed E-state index contributed by atoms with van der Waals surface area (Å²) in [6.45, 7) is 1.12. The zero-order valence-electron chi connectivity index (χ0n) is 19.5. The second-order valence-corrected chi connectivity index (χ2v) is 10.3. The van der Waals surface area contributed by atoms with Gasteiger partial charge in [0.15, 0.2) is 6.61 Å². The van der Waals surface area contributed by atoms with Gasteiger partial charge in [0.25, 0.3) is 15.9 Å². The first-order valence-corrected chi connectivity index (χ1v) is 12.9. The van der Waals surface area contributed by atoms with E-state index in [1.807, 2.05) is 6.92 Å². The normalized spacial score (nSPS) is 11.2. The number of nitrogens with zero attached hydrogens (tertiary/aromatic N) is 2. The topological polar surface area (TPSA) is 114 Å². The fraction of sp³-hybridized carbons (Fsp3) is 0.160. The molecule has 0 radical (unpaired) electrons. The van der Waals surface area contributed by atoms with E-state index in [4.69, 9.17) is 4.74 Å². The maximum atomic E-state index is 13.4. The Kier molecular flexibility index (Phi) is 9.20. The highest BCUT2D eigenvalue weighted by atomic mass is 79.9. The monoisotopic (exact) mass is 573 g/mol. The van der Waals surface area contributed by atoms with Crippen molar-refractivity contribution < 1.29 is 27.5 Å². The Labute approximate surface area is 217 Å². The summed E-state index contributed by atoms with van der Waals surface area (Å²) in [5, 5.41) is 3.92. The molecule has 3 aromatic rings. The molecule has 0 fully saturated rings. The summed E-state index contributed by atoms with van der Waals surface area (Å²) in [6.07, 6.45) is 1.38. The van der Waals surface area contributed by atoms with Crippen molar-refractivity contribution in [2.45, 2.75) is 11.8 Å². The molecule has 0 aliphatic heterocycles. The van der Waals surface area contributed by atoms with Crippen LogP contribution in [0.25, 0.3) is 0 Å². The lowest BCUT2D eigenvalue weighted by molar-refractivity contribution is -0.142. The van der Waals surface area contributed by atoms with Crippen LogP contribution in [0, 0.1) is 6.92 Å². The Hall–Kier alpha value is -3.70. The summed E-state index contributed by atoms with van der Waals surface area (Å²) >= 11 is 3.34. The summed E-state index contributed by atoms with van der Waals surface area (Å²) in [4.78, 5) is 24.0. The van der Waals surface area contributed by atoms with E-state index in [2.05, 4.69) is 31.2 Å². The SMILES string of the molecule is COC(=O)COc1cccc(/C=N\NC(=O)CN(c2cccc(Br)c2)S(=O)(=O)c2ccc(C)cc2)c1. The van der Waals surface area contributed by atoms with Crippen LogP contribution in [0.3, 0.4) is 0 Å². The minimum Gasteiger partial charge on any atom is -0.482 e. The van der Waals surface area contributed by atoms with Crippen molar-refractivity contribution in [3.05, 3.63) is 88.4 Å². The third-order valence-corrected chi connectivity index (χ3v) is 7.12. The number of rotatable bonds is 10. The molecule has 11 heteroatoms. The number of halogens is 1. The molecule has 0 aliphatic carbocycles. The van der Waals surface area contributed by atoms with Crippen LogP contribution in [0.4, 0.5) is 5.69 Å². The van der Waals surface area contributed by atoms with E-state index in [0.717, 1.165) is 9.87 Å². The van der Waals surface area contributed by atoms with Crippen LogP contribution in [-0.4, -0.2) is 46.8 Å². The van der Waals surface area contributed by atoms with E-state index in [-0.39, 0.29) is 11.5 Å². The van der Waals surface area contributed by atoms with Crippen LogP contribution in [0.15, 0.2) is 87.3 Å². The Morgan fingerprint density at radius 1 is 1.06 bits per heavy atom. The smallest absolute Gasteiger partial charge is 0.343 e. The Balaban J connectivity index is 1.75. The predicted octanol–water partition coefficient (Wildman–Crippen LogP) is 3.65. The first-order valence-electron chi connectivity index (χ1n) is 10.7. The van der Waals surface area contributed by atoms with E-state index < -0.39 is 28.4 Å². The number of carbonyl (C=O) groups excluding carboxylic acids is 2. The lowest BCUT2D eigenvalue weighted by atomic mass is 10.2. The number of nitrogens with one attached hydrogen (secondary N) is 1. The Morgan fingerprint density at radius 2 is 1.78 bits per heavy atom. The van der Waals surface area contributed by atoms with Crippen molar-refractivity contribution in [3.63, 3.8) is 0 Å². The molecule has 9 nitrogen and oxygen atoms in total. The lowest BCUT2D eigenvalue weighted by Crippen LogP contribution is -2.39. The first kappa shape index (κ1) is 26.9. The molecule has 3 aromatic carbocycles. The second-order valence-electron chi connectivity index (χ2n) is 7.54. The number of carbonyl (C=O) groups is 2. The molecule has 0 atom stereocenters. The van der Waals surface area contributed by atoms with Crippen molar-refractivity contribution in [1.29, 1.82) is 0 Å². The lowest BCUT2D eigenvalue weighted by Gasteiger charge is -2.24. The molecule has 1 N–H and O–H groups in total. The van der Waals surface area contributed by atoms with E-state index in [1.165, 1.54) is 25.5 Å². The maximum Gasteiger partial charge on any atom is 0.343 e. The molecular formula is C25H24BrN3O6S. The van der Waals surface area contributed by atoms with Crippen molar-refractivity contribution in [3.8, 4) is 5.75 Å². The number of hydrogen-bond donors (Lipinski definition) is 1. The van der Waals surface area contributed by atoms with Crippen LogP contribution in [0.5, 0.6) is 5.75 Å². The average Bonchev–Trinajstić information content (AvgIpc) is 2.86. The summed E-state index contributed by atoms with van der Waals surface area (Å²) in [5.74, 6) is -0.738. The highest BCUT2D eigenvalue weighted by Gasteiger charge is 2.27. The van der Waals surface area contributed by atoms with Gasteiger partial charge in [0.1, 0.15) is 12.3 Å². The van der Waals surface area contributed by atoms with E-state index in [0.29, 0.717) is 21.5 Å². The Morgan fingerprint density at radius 3 is 2.47 bits per heavy atom. The van der Waals surface area contributed by atoms with Gasteiger partial charge in [-0.15, -0.1) is 0 Å². The molecule has 0 saturated carbocycles. The molecule has 0 aromatic heterocycles. The van der Waals surface area contributed by atoms with E-state index in [1.54, 1.807) is 60.7 Å². The predicted molar refractivity (Wildman–Crippen MR) is 140 cm³/mol. The molecule has 0 heterocycles. The molecule has 0 bridgehead atoms. The molecule has 0 spiro atoms. The molecule has 0 aliphatic rings. The highest BCUT2D eigenvalue weighted by molar-refractivity contribution is 9.10. The van der Waals surface area contributed by atoms with Gasteiger partial charge in [0, 0.05) is 4.47 Å². The summed E-state index contributed by atoms with van der Waals surface area (Å²) in [7, 11) is -2.77.